The van der Waals surface area contributed by atoms with Crippen LogP contribution < -0.4 is 15.4 Å². The van der Waals surface area contributed by atoms with Crippen LogP contribution in [-0.4, -0.2) is 32.9 Å². The monoisotopic (exact) mass is 250 g/mol. The van der Waals surface area contributed by atoms with Crippen molar-refractivity contribution in [3.05, 3.63) is 18.2 Å². The quantitative estimate of drug-likeness (QED) is 0.814. The molecule has 0 bridgehead atoms. The van der Waals surface area contributed by atoms with Crippen molar-refractivity contribution in [3.63, 3.8) is 0 Å². The van der Waals surface area contributed by atoms with Crippen LogP contribution in [0.15, 0.2) is 18.2 Å². The summed E-state index contributed by atoms with van der Waals surface area (Å²) in [6, 6.07) is 5.90. The highest BCUT2D eigenvalue weighted by atomic mass is 16.5. The van der Waals surface area contributed by atoms with Crippen LogP contribution in [0.3, 0.4) is 0 Å². The number of nitrogen functional groups attached to an aromatic ring is 1. The molecule has 1 aliphatic rings. The zero-order chi connectivity index (χ0) is 13.0. The Morgan fingerprint density at radius 1 is 1.50 bits per heavy atom. The summed E-state index contributed by atoms with van der Waals surface area (Å²) in [6.07, 6.45) is 2.62. The molecular weight excluding hydrogens is 228 g/mol. The van der Waals surface area contributed by atoms with Gasteiger partial charge in [-0.15, -0.1) is 0 Å². The fourth-order valence-electron chi connectivity index (χ4n) is 2.34. The first kappa shape index (κ1) is 13.0. The molecule has 0 aromatic heterocycles. The smallest absolute Gasteiger partial charge is 0.144 e. The van der Waals surface area contributed by atoms with E-state index in [2.05, 4.69) is 4.90 Å². The van der Waals surface area contributed by atoms with Gasteiger partial charge in [0.1, 0.15) is 5.75 Å². The van der Waals surface area contributed by atoms with E-state index in [-0.39, 0.29) is 0 Å². The average molecular weight is 250 g/mol. The van der Waals surface area contributed by atoms with Crippen molar-refractivity contribution in [2.24, 2.45) is 0 Å². The molecular formula is C14H22N2O2. The minimum Gasteiger partial charge on any atom is -0.492 e. The molecule has 1 aromatic rings. The number of rotatable bonds is 5. The molecule has 0 spiro atoms. The molecule has 0 amide bonds. The molecule has 4 nitrogen and oxygen atoms in total. The predicted octanol–water partition coefficient (Wildman–Crippen LogP) is 2.28. The van der Waals surface area contributed by atoms with E-state index in [1.54, 1.807) is 0 Å². The first-order valence-electron chi connectivity index (χ1n) is 6.56. The molecule has 1 fully saturated rings. The Morgan fingerprint density at radius 2 is 2.33 bits per heavy atom. The lowest BCUT2D eigenvalue weighted by molar-refractivity contribution is 0.116. The van der Waals surface area contributed by atoms with E-state index in [4.69, 9.17) is 15.2 Å². The Balaban J connectivity index is 2.08. The number of ether oxygens (including phenoxy) is 2. The molecule has 0 aliphatic carbocycles. The second-order valence-corrected chi connectivity index (χ2v) is 4.64. The number of hydrogen-bond donors (Lipinski definition) is 1. The molecule has 1 aromatic carbocycles. The van der Waals surface area contributed by atoms with Crippen LogP contribution in [0.4, 0.5) is 11.4 Å². The highest BCUT2D eigenvalue weighted by Crippen LogP contribution is 2.32. The lowest BCUT2D eigenvalue weighted by Gasteiger charge is -2.25. The van der Waals surface area contributed by atoms with Crippen LogP contribution >= 0.6 is 0 Å². The minimum absolute atomic E-state index is 0.324. The van der Waals surface area contributed by atoms with Gasteiger partial charge in [0.2, 0.25) is 0 Å². The van der Waals surface area contributed by atoms with Crippen molar-refractivity contribution in [2.45, 2.75) is 25.9 Å². The zero-order valence-corrected chi connectivity index (χ0v) is 11.2. The number of para-hydroxylation sites is 1. The van der Waals surface area contributed by atoms with Crippen LogP contribution in [0, 0.1) is 0 Å². The molecule has 1 saturated heterocycles. The Labute approximate surface area is 109 Å². The van der Waals surface area contributed by atoms with E-state index in [1.165, 1.54) is 0 Å². The molecule has 1 aliphatic heterocycles. The van der Waals surface area contributed by atoms with Gasteiger partial charge in [-0.25, -0.2) is 0 Å². The zero-order valence-electron chi connectivity index (χ0n) is 11.2. The molecule has 2 N–H and O–H groups in total. The Hall–Kier alpha value is -1.42. The Bertz CT molecular complexity index is 389. The maximum Gasteiger partial charge on any atom is 0.144 e. The van der Waals surface area contributed by atoms with Gasteiger partial charge < -0.3 is 20.1 Å². The number of benzene rings is 1. The van der Waals surface area contributed by atoms with Crippen LogP contribution in [0.25, 0.3) is 0 Å². The summed E-state index contributed by atoms with van der Waals surface area (Å²) in [5.74, 6) is 0.759. The van der Waals surface area contributed by atoms with Crippen LogP contribution in [0.2, 0.25) is 0 Å². The van der Waals surface area contributed by atoms with E-state index in [0.29, 0.717) is 18.4 Å². The SMILES string of the molecule is CCOc1cccc(N(C)CC2CCCO2)c1N. The summed E-state index contributed by atoms with van der Waals surface area (Å²) < 4.78 is 11.2. The van der Waals surface area contributed by atoms with Gasteiger partial charge in [-0.05, 0) is 31.9 Å². The predicted molar refractivity (Wildman–Crippen MR) is 74.3 cm³/mol. The first-order valence-corrected chi connectivity index (χ1v) is 6.56. The third-order valence-corrected chi connectivity index (χ3v) is 3.26. The van der Waals surface area contributed by atoms with Gasteiger partial charge in [0, 0.05) is 20.2 Å². The second kappa shape index (κ2) is 5.96. The van der Waals surface area contributed by atoms with Gasteiger partial charge >= 0.3 is 0 Å². The average Bonchev–Trinajstić information content (AvgIpc) is 2.85. The third-order valence-electron chi connectivity index (χ3n) is 3.26. The van der Waals surface area contributed by atoms with Crippen molar-refractivity contribution in [1.82, 2.24) is 0 Å². The van der Waals surface area contributed by atoms with Crippen LogP contribution in [0.1, 0.15) is 19.8 Å². The normalized spacial score (nSPS) is 18.9. The summed E-state index contributed by atoms with van der Waals surface area (Å²) in [5.41, 5.74) is 7.86. The van der Waals surface area contributed by atoms with Crippen molar-refractivity contribution < 1.29 is 9.47 Å². The maximum atomic E-state index is 6.14. The molecule has 0 saturated carbocycles. The van der Waals surface area contributed by atoms with E-state index in [9.17, 15) is 0 Å². The Kier molecular flexibility index (Phi) is 4.31. The highest BCUT2D eigenvalue weighted by molar-refractivity contribution is 5.73. The van der Waals surface area contributed by atoms with Gasteiger partial charge in [-0.3, -0.25) is 0 Å². The van der Waals surface area contributed by atoms with Crippen LogP contribution in [0.5, 0.6) is 5.75 Å². The molecule has 18 heavy (non-hydrogen) atoms. The number of anilines is 2. The molecule has 4 heteroatoms. The molecule has 0 radical (unpaired) electrons. The molecule has 1 atom stereocenters. The summed E-state index contributed by atoms with van der Waals surface area (Å²) in [4.78, 5) is 2.15. The standard InChI is InChI=1S/C14H22N2O2/c1-3-17-13-8-4-7-12(14(13)15)16(2)10-11-6-5-9-18-11/h4,7-8,11H,3,5-6,9-10,15H2,1-2H3. The topological polar surface area (TPSA) is 47.7 Å². The Morgan fingerprint density at radius 3 is 3.00 bits per heavy atom. The van der Waals surface area contributed by atoms with Gasteiger partial charge in [-0.1, -0.05) is 6.07 Å². The maximum absolute atomic E-state index is 6.14. The van der Waals surface area contributed by atoms with Gasteiger partial charge in [0.05, 0.1) is 24.1 Å². The summed E-state index contributed by atoms with van der Waals surface area (Å²) in [7, 11) is 2.04. The first-order chi connectivity index (χ1) is 8.72. The largest absolute Gasteiger partial charge is 0.492 e. The van der Waals surface area contributed by atoms with E-state index in [1.807, 2.05) is 32.2 Å². The number of nitrogens with zero attached hydrogens (tertiary/aromatic N) is 1. The van der Waals surface area contributed by atoms with E-state index in [0.717, 1.165) is 37.4 Å². The number of nitrogens with two attached hydrogens (primary N) is 1. The second-order valence-electron chi connectivity index (χ2n) is 4.64. The van der Waals surface area contributed by atoms with Crippen molar-refractivity contribution in [2.75, 3.05) is 37.4 Å². The number of hydrogen-bond acceptors (Lipinski definition) is 4. The highest BCUT2D eigenvalue weighted by Gasteiger charge is 2.19. The summed E-state index contributed by atoms with van der Waals surface area (Å²) in [5, 5.41) is 0. The lowest BCUT2D eigenvalue weighted by Crippen LogP contribution is -2.29. The van der Waals surface area contributed by atoms with Gasteiger partial charge in [0.15, 0.2) is 0 Å². The number of likely N-dealkylation sites (N-methyl/N-ethyl adjacent to an activating group) is 1. The fourth-order valence-corrected chi connectivity index (χ4v) is 2.34. The summed E-state index contributed by atoms with van der Waals surface area (Å²) in [6.45, 7) is 4.35. The fraction of sp³-hybridized carbons (Fsp3) is 0.571. The molecule has 1 heterocycles. The molecule has 2 rings (SSSR count). The lowest BCUT2D eigenvalue weighted by atomic mass is 10.2. The summed E-state index contributed by atoms with van der Waals surface area (Å²) >= 11 is 0. The minimum atomic E-state index is 0.324. The van der Waals surface area contributed by atoms with E-state index < -0.39 is 0 Å². The van der Waals surface area contributed by atoms with Gasteiger partial charge in [0.25, 0.3) is 0 Å². The molecule has 1 unspecified atom stereocenters. The van der Waals surface area contributed by atoms with Crippen molar-refractivity contribution in [1.29, 1.82) is 0 Å². The van der Waals surface area contributed by atoms with Crippen molar-refractivity contribution >= 4 is 11.4 Å². The van der Waals surface area contributed by atoms with Crippen LogP contribution in [-0.2, 0) is 4.74 Å². The van der Waals surface area contributed by atoms with Gasteiger partial charge in [-0.2, -0.15) is 0 Å². The molecule has 100 valence electrons. The third kappa shape index (κ3) is 2.88. The van der Waals surface area contributed by atoms with E-state index >= 15 is 0 Å². The van der Waals surface area contributed by atoms with Crippen molar-refractivity contribution in [3.8, 4) is 5.75 Å².